The normalized spacial score (nSPS) is 12.2. The maximum absolute atomic E-state index is 13.7. The monoisotopic (exact) mass is 480 g/mol. The number of carbonyl (C=O) groups excluding carboxylic acids is 1. The van der Waals surface area contributed by atoms with Gasteiger partial charge >= 0.3 is 0 Å². The molecule has 7 heteroatoms. The first kappa shape index (κ1) is 22.8. The van der Waals surface area contributed by atoms with Crippen LogP contribution in [0.15, 0.2) is 95.4 Å². The summed E-state index contributed by atoms with van der Waals surface area (Å²) in [6.45, 7) is 8.10. The highest BCUT2D eigenvalue weighted by atomic mass is 32.2. The molecule has 0 aliphatic carbocycles. The van der Waals surface area contributed by atoms with Crippen molar-refractivity contribution in [1.29, 1.82) is 0 Å². The van der Waals surface area contributed by atoms with Crippen LogP contribution in [0.1, 0.15) is 32.3 Å². The Labute approximate surface area is 206 Å². The molecule has 1 atom stereocenters. The molecule has 0 unspecified atom stereocenters. The van der Waals surface area contributed by atoms with E-state index in [0.29, 0.717) is 33.9 Å². The van der Waals surface area contributed by atoms with Gasteiger partial charge in [0.15, 0.2) is 10.9 Å². The van der Waals surface area contributed by atoms with Gasteiger partial charge in [-0.05, 0) is 31.5 Å². The number of hydrogen-bond donors (Lipinski definition) is 0. The molecule has 5 rings (SSSR count). The number of benzene rings is 3. The summed E-state index contributed by atoms with van der Waals surface area (Å²) >= 11 is 1.34. The number of aromatic nitrogens is 4. The molecular formula is C28H24N4O2S. The van der Waals surface area contributed by atoms with Crippen LogP contribution in [0, 0.1) is 13.8 Å². The summed E-state index contributed by atoms with van der Waals surface area (Å²) in [5, 5.41) is 9.34. The van der Waals surface area contributed by atoms with Crippen molar-refractivity contribution in [1.82, 2.24) is 19.2 Å². The average Bonchev–Trinajstić information content (AvgIpc) is 3.29. The van der Waals surface area contributed by atoms with Gasteiger partial charge in [0.1, 0.15) is 5.25 Å². The van der Waals surface area contributed by atoms with Crippen molar-refractivity contribution < 1.29 is 4.79 Å². The van der Waals surface area contributed by atoms with Crippen molar-refractivity contribution in [3.05, 3.63) is 118 Å². The molecule has 2 aromatic heterocycles. The van der Waals surface area contributed by atoms with Crippen LogP contribution in [0.4, 0.5) is 0 Å². The fourth-order valence-electron chi connectivity index (χ4n) is 4.09. The number of allylic oxidation sites excluding steroid dienone is 1. The van der Waals surface area contributed by atoms with Gasteiger partial charge < -0.3 is 0 Å². The van der Waals surface area contributed by atoms with Gasteiger partial charge in [-0.1, -0.05) is 89.6 Å². The number of aryl methyl sites for hydroxylation is 2. The third-order valence-electron chi connectivity index (χ3n) is 5.97. The molecule has 0 amide bonds. The molecule has 5 aromatic rings. The standard InChI is InChI=1S/C28H24N4O2S/c1-4-17-31-26(34)22-7-5-6-8-23(22)32-27(31)29-30-28(32)35-25(21-15-11-19(3)12-16-21)24(33)20-13-9-18(2)10-14-20/h4-16,25H,1,17H2,2-3H3/t25-/m1/s1. The molecule has 0 fully saturated rings. The van der Waals surface area contributed by atoms with Crippen molar-refractivity contribution in [3.63, 3.8) is 0 Å². The Kier molecular flexibility index (Phi) is 6.09. The van der Waals surface area contributed by atoms with E-state index in [0.717, 1.165) is 16.7 Å². The minimum atomic E-state index is -0.538. The minimum Gasteiger partial charge on any atom is -0.293 e. The van der Waals surface area contributed by atoms with Crippen molar-refractivity contribution in [2.45, 2.75) is 30.8 Å². The first-order chi connectivity index (χ1) is 17.0. The molecule has 0 bridgehead atoms. The van der Waals surface area contributed by atoms with Gasteiger partial charge in [0, 0.05) is 12.1 Å². The SMILES string of the molecule is C=CCn1c(=O)c2ccccc2n2c(S[C@@H](C(=O)c3ccc(C)cc3)c3ccc(C)cc3)nnc12. The molecule has 2 heterocycles. The first-order valence-electron chi connectivity index (χ1n) is 11.3. The van der Waals surface area contributed by atoms with E-state index >= 15 is 0 Å². The van der Waals surface area contributed by atoms with Crippen LogP contribution in [-0.2, 0) is 6.54 Å². The number of thioether (sulfide) groups is 1. The molecule has 0 aliphatic rings. The van der Waals surface area contributed by atoms with E-state index in [1.54, 1.807) is 16.7 Å². The van der Waals surface area contributed by atoms with Crippen LogP contribution in [0.3, 0.4) is 0 Å². The fraction of sp³-hybridized carbons (Fsp3) is 0.143. The number of nitrogens with zero attached hydrogens (tertiary/aromatic N) is 4. The zero-order valence-electron chi connectivity index (χ0n) is 19.5. The molecule has 0 aliphatic heterocycles. The summed E-state index contributed by atoms with van der Waals surface area (Å²) in [5.74, 6) is 0.404. The molecular weight excluding hydrogens is 456 g/mol. The van der Waals surface area contributed by atoms with Crippen molar-refractivity contribution in [2.75, 3.05) is 0 Å². The molecule has 6 nitrogen and oxygen atoms in total. The minimum absolute atomic E-state index is 0.0145. The number of rotatable bonds is 7. The van der Waals surface area contributed by atoms with Crippen molar-refractivity contribution >= 4 is 34.2 Å². The van der Waals surface area contributed by atoms with Crippen LogP contribution in [-0.4, -0.2) is 24.9 Å². The molecule has 0 saturated heterocycles. The summed E-state index contributed by atoms with van der Waals surface area (Å²) in [7, 11) is 0. The van der Waals surface area contributed by atoms with Gasteiger partial charge in [0.05, 0.1) is 10.9 Å². The highest BCUT2D eigenvalue weighted by molar-refractivity contribution is 8.00. The number of Topliss-reactive ketones (excluding diaryl/α,β-unsaturated/α-hetero) is 1. The second-order valence-corrected chi connectivity index (χ2v) is 9.55. The number of carbonyl (C=O) groups is 1. The topological polar surface area (TPSA) is 69.3 Å². The lowest BCUT2D eigenvalue weighted by atomic mass is 10.0. The first-order valence-corrected chi connectivity index (χ1v) is 12.2. The highest BCUT2D eigenvalue weighted by Gasteiger charge is 2.27. The molecule has 3 aromatic carbocycles. The van der Waals surface area contributed by atoms with Gasteiger partial charge in [0.25, 0.3) is 5.56 Å². The van der Waals surface area contributed by atoms with Crippen molar-refractivity contribution in [2.24, 2.45) is 0 Å². The van der Waals surface area contributed by atoms with Gasteiger partial charge in [-0.3, -0.25) is 18.6 Å². The summed E-state index contributed by atoms with van der Waals surface area (Å²) in [6.07, 6.45) is 1.66. The quantitative estimate of drug-likeness (QED) is 0.173. The summed E-state index contributed by atoms with van der Waals surface area (Å²) in [6, 6.07) is 22.9. The Hall–Kier alpha value is -3.97. The van der Waals surface area contributed by atoms with E-state index in [1.807, 2.05) is 85.0 Å². The third-order valence-corrected chi connectivity index (χ3v) is 7.16. The lowest BCUT2D eigenvalue weighted by Crippen LogP contribution is -2.22. The largest absolute Gasteiger partial charge is 0.293 e. The van der Waals surface area contributed by atoms with E-state index in [2.05, 4.69) is 16.8 Å². The zero-order chi connectivity index (χ0) is 24.5. The Morgan fingerprint density at radius 1 is 0.971 bits per heavy atom. The zero-order valence-corrected chi connectivity index (χ0v) is 20.3. The van der Waals surface area contributed by atoms with Gasteiger partial charge in [-0.15, -0.1) is 16.8 Å². The Morgan fingerprint density at radius 2 is 1.63 bits per heavy atom. The second kappa shape index (κ2) is 9.35. The number of hydrogen-bond acceptors (Lipinski definition) is 5. The van der Waals surface area contributed by atoms with Crippen LogP contribution in [0.2, 0.25) is 0 Å². The lowest BCUT2D eigenvalue weighted by Gasteiger charge is -2.16. The summed E-state index contributed by atoms with van der Waals surface area (Å²) < 4.78 is 3.41. The predicted octanol–water partition coefficient (Wildman–Crippen LogP) is 5.56. The van der Waals surface area contributed by atoms with Crippen LogP contribution >= 0.6 is 11.8 Å². The highest BCUT2D eigenvalue weighted by Crippen LogP contribution is 2.38. The third kappa shape index (κ3) is 4.19. The van der Waals surface area contributed by atoms with E-state index in [4.69, 9.17) is 0 Å². The smallest absolute Gasteiger partial charge is 0.263 e. The van der Waals surface area contributed by atoms with E-state index in [-0.39, 0.29) is 11.3 Å². The van der Waals surface area contributed by atoms with Gasteiger partial charge in [-0.25, -0.2) is 0 Å². The van der Waals surface area contributed by atoms with Crippen molar-refractivity contribution in [3.8, 4) is 0 Å². The maximum atomic E-state index is 13.7. The average molecular weight is 481 g/mol. The molecule has 35 heavy (non-hydrogen) atoms. The Balaban J connectivity index is 1.69. The number of fused-ring (bicyclic) bond motifs is 3. The molecule has 0 spiro atoms. The fourth-order valence-corrected chi connectivity index (χ4v) is 5.21. The summed E-state index contributed by atoms with van der Waals surface area (Å²) in [5.41, 5.74) is 4.28. The summed E-state index contributed by atoms with van der Waals surface area (Å²) in [4.78, 5) is 26.9. The molecule has 0 radical (unpaired) electrons. The number of para-hydroxylation sites is 1. The van der Waals surface area contributed by atoms with Crippen LogP contribution in [0.25, 0.3) is 16.7 Å². The predicted molar refractivity (Wildman–Crippen MR) is 140 cm³/mol. The van der Waals surface area contributed by atoms with E-state index in [9.17, 15) is 9.59 Å². The van der Waals surface area contributed by atoms with E-state index < -0.39 is 5.25 Å². The lowest BCUT2D eigenvalue weighted by molar-refractivity contribution is 0.0989. The van der Waals surface area contributed by atoms with E-state index in [1.165, 1.54) is 11.8 Å². The second-order valence-electron chi connectivity index (χ2n) is 8.48. The van der Waals surface area contributed by atoms with Gasteiger partial charge in [-0.2, -0.15) is 0 Å². The Morgan fingerprint density at radius 3 is 2.31 bits per heavy atom. The Bertz CT molecular complexity index is 1620. The molecule has 0 saturated carbocycles. The molecule has 174 valence electrons. The maximum Gasteiger partial charge on any atom is 0.263 e. The van der Waals surface area contributed by atoms with Crippen LogP contribution in [0.5, 0.6) is 0 Å². The van der Waals surface area contributed by atoms with Crippen LogP contribution < -0.4 is 5.56 Å². The number of ketones is 1. The molecule has 0 N–H and O–H groups in total. The van der Waals surface area contributed by atoms with Gasteiger partial charge in [0.2, 0.25) is 5.78 Å².